The molecule has 0 saturated heterocycles. The van der Waals surface area contributed by atoms with Crippen LogP contribution >= 0.6 is 0 Å². The molecule has 0 unspecified atom stereocenters. The van der Waals surface area contributed by atoms with E-state index in [9.17, 15) is 0 Å². The van der Waals surface area contributed by atoms with Crippen molar-refractivity contribution in [3.8, 4) is 0 Å². The molecule has 0 spiro atoms. The largest absolute Gasteiger partial charge is 0.341 e. The maximum atomic E-state index is 5.71. The predicted octanol–water partition coefficient (Wildman–Crippen LogP) is 0.307. The summed E-state index contributed by atoms with van der Waals surface area (Å²) in [5.41, 5.74) is 5.71. The molecule has 0 amide bonds. The highest BCUT2D eigenvalue weighted by molar-refractivity contribution is 6.33. The Bertz CT molecular complexity index is 96.4. The van der Waals surface area contributed by atoms with Gasteiger partial charge in [0, 0.05) is 30.2 Å². The Morgan fingerprint density at radius 2 is 1.91 bits per heavy atom. The third-order valence-electron chi connectivity index (χ3n) is 1.82. The van der Waals surface area contributed by atoms with Gasteiger partial charge in [0.2, 0.25) is 5.91 Å². The molecule has 0 aromatic heterocycles. The molecule has 0 saturated carbocycles. The van der Waals surface area contributed by atoms with Crippen LogP contribution in [0.3, 0.4) is 0 Å². The molecule has 2 N–H and O–H groups in total. The number of nitrogens with two attached hydrogens (primary N) is 1. The van der Waals surface area contributed by atoms with Crippen molar-refractivity contribution in [1.82, 2.24) is 0 Å². The van der Waals surface area contributed by atoms with E-state index in [-0.39, 0.29) is 9.52 Å². The van der Waals surface area contributed by atoms with E-state index in [4.69, 9.17) is 15.2 Å². The van der Waals surface area contributed by atoms with Gasteiger partial charge in [-0.1, -0.05) is 12.6 Å². The minimum atomic E-state index is -0.844. The van der Waals surface area contributed by atoms with Crippen LogP contribution in [-0.4, -0.2) is 29.7 Å². The molecule has 0 heterocycles. The van der Waals surface area contributed by atoms with E-state index in [1.165, 1.54) is 6.04 Å². The lowest BCUT2D eigenvalue weighted by molar-refractivity contribution is -0.206. The van der Waals surface area contributed by atoms with Crippen molar-refractivity contribution in [1.29, 1.82) is 0 Å². The fourth-order valence-corrected chi connectivity index (χ4v) is 1.66. The highest BCUT2D eigenvalue weighted by atomic mass is 28.2. The van der Waals surface area contributed by atoms with Crippen molar-refractivity contribution in [2.75, 3.05) is 14.2 Å². The summed E-state index contributed by atoms with van der Waals surface area (Å²) < 4.78 is 10.0. The summed E-state index contributed by atoms with van der Waals surface area (Å²) in [6.07, 6.45) is 1.90. The average molecular weight is 177 g/mol. The van der Waals surface area contributed by atoms with Crippen LogP contribution in [0.1, 0.15) is 12.8 Å². The van der Waals surface area contributed by atoms with Crippen molar-refractivity contribution in [3.63, 3.8) is 0 Å². The van der Waals surface area contributed by atoms with Gasteiger partial charge in [0.05, 0.1) is 0 Å². The molecule has 3 nitrogen and oxygen atoms in total. The zero-order valence-electron chi connectivity index (χ0n) is 7.72. The average Bonchev–Trinajstić information content (AvgIpc) is 2.05. The number of ether oxygens (including phenoxy) is 2. The summed E-state index contributed by atoms with van der Waals surface area (Å²) >= 11 is 0. The van der Waals surface area contributed by atoms with E-state index in [0.29, 0.717) is 0 Å². The lowest BCUT2D eigenvalue weighted by Gasteiger charge is -2.25. The lowest BCUT2D eigenvalue weighted by atomic mass is 10.3. The Morgan fingerprint density at radius 3 is 2.27 bits per heavy atom. The van der Waals surface area contributed by atoms with Gasteiger partial charge in [-0.2, -0.15) is 0 Å². The van der Waals surface area contributed by atoms with Gasteiger partial charge in [0.25, 0.3) is 0 Å². The van der Waals surface area contributed by atoms with E-state index in [0.717, 1.165) is 12.8 Å². The molecule has 0 aliphatic rings. The third kappa shape index (κ3) is 4.52. The van der Waals surface area contributed by atoms with E-state index < -0.39 is 5.91 Å². The van der Waals surface area contributed by atoms with E-state index in [1.54, 1.807) is 14.2 Å². The molecule has 0 bridgehead atoms. The Labute approximate surface area is 71.1 Å². The van der Waals surface area contributed by atoms with Crippen LogP contribution < -0.4 is 5.73 Å². The number of hydrogen-bond acceptors (Lipinski definition) is 3. The van der Waals surface area contributed by atoms with Gasteiger partial charge in [0.15, 0.2) is 0 Å². The van der Waals surface area contributed by atoms with Crippen molar-refractivity contribution < 1.29 is 9.47 Å². The van der Waals surface area contributed by atoms with Crippen LogP contribution in [0.25, 0.3) is 0 Å². The minimum absolute atomic E-state index is 0.163. The second-order valence-electron chi connectivity index (χ2n) is 2.68. The first kappa shape index (κ1) is 11.1. The first-order valence-corrected chi connectivity index (χ1v) is 6.49. The summed E-state index contributed by atoms with van der Waals surface area (Å²) in [4.78, 5) is 0. The second-order valence-corrected chi connectivity index (χ2v) is 4.38. The van der Waals surface area contributed by atoms with Gasteiger partial charge >= 0.3 is 0 Å². The van der Waals surface area contributed by atoms with Crippen LogP contribution in [0.2, 0.25) is 12.6 Å². The van der Waals surface area contributed by atoms with Crippen LogP contribution in [0.4, 0.5) is 0 Å². The predicted molar refractivity (Wildman–Crippen MR) is 49.4 cm³/mol. The fourth-order valence-electron chi connectivity index (χ4n) is 0.909. The third-order valence-corrected chi connectivity index (χ3v) is 3.03. The Kier molecular flexibility index (Phi) is 5.76. The summed E-state index contributed by atoms with van der Waals surface area (Å²) in [6, 6.07) is 1.31. The first-order chi connectivity index (χ1) is 5.18. The molecule has 0 aliphatic carbocycles. The number of rotatable bonds is 6. The highest BCUT2D eigenvalue weighted by Crippen LogP contribution is 2.12. The van der Waals surface area contributed by atoms with E-state index >= 15 is 0 Å². The fraction of sp³-hybridized carbons (Fsp3) is 1.00. The molecule has 4 heteroatoms. The zero-order valence-corrected chi connectivity index (χ0v) is 9.14. The maximum Gasteiger partial charge on any atom is 0.224 e. The molecule has 68 valence electrons. The Morgan fingerprint density at radius 1 is 1.36 bits per heavy atom. The van der Waals surface area contributed by atoms with Crippen LogP contribution in [0.15, 0.2) is 0 Å². The van der Waals surface area contributed by atoms with Gasteiger partial charge in [-0.05, 0) is 6.42 Å². The van der Waals surface area contributed by atoms with E-state index in [1.807, 2.05) is 0 Å². The molecule has 0 aromatic carbocycles. The quantitative estimate of drug-likeness (QED) is 0.361. The van der Waals surface area contributed by atoms with Crippen LogP contribution in [0.5, 0.6) is 0 Å². The summed E-state index contributed by atoms with van der Waals surface area (Å²) in [5.74, 6) is -0.844. The van der Waals surface area contributed by atoms with Crippen molar-refractivity contribution in [2.45, 2.75) is 31.3 Å². The number of methoxy groups -OCH3 is 2. The van der Waals surface area contributed by atoms with Crippen LogP contribution in [0, 0.1) is 0 Å². The van der Waals surface area contributed by atoms with Gasteiger partial charge in [0.1, 0.15) is 0 Å². The monoisotopic (exact) mass is 177 g/mol. The maximum absolute atomic E-state index is 5.71. The van der Waals surface area contributed by atoms with Crippen molar-refractivity contribution in [2.24, 2.45) is 5.73 Å². The molecule has 0 rings (SSSR count). The SMILES string of the molecule is COC(N)(CCC[SiH2]C)OC. The molecule has 0 fully saturated rings. The summed E-state index contributed by atoms with van der Waals surface area (Å²) in [5, 5.41) is 0. The molecule has 0 atom stereocenters. The topological polar surface area (TPSA) is 44.5 Å². The Balaban J connectivity index is 3.51. The zero-order chi connectivity index (χ0) is 8.74. The summed E-state index contributed by atoms with van der Waals surface area (Å²) in [7, 11) is 3.32. The van der Waals surface area contributed by atoms with Gasteiger partial charge < -0.3 is 9.47 Å². The van der Waals surface area contributed by atoms with Gasteiger partial charge in [-0.15, -0.1) is 0 Å². The minimum Gasteiger partial charge on any atom is -0.341 e. The normalized spacial score (nSPS) is 13.1. The molecule has 0 radical (unpaired) electrons. The van der Waals surface area contributed by atoms with Crippen molar-refractivity contribution >= 4 is 9.52 Å². The van der Waals surface area contributed by atoms with Crippen LogP contribution in [-0.2, 0) is 9.47 Å². The highest BCUT2D eigenvalue weighted by Gasteiger charge is 2.21. The molecular weight excluding hydrogens is 158 g/mol. The molecule has 11 heavy (non-hydrogen) atoms. The van der Waals surface area contributed by atoms with Gasteiger partial charge in [-0.25, -0.2) is 0 Å². The number of hydrogen-bond donors (Lipinski definition) is 1. The Hall–Kier alpha value is 0.0969. The molecule has 0 aromatic rings. The lowest BCUT2D eigenvalue weighted by Crippen LogP contribution is -2.43. The van der Waals surface area contributed by atoms with Crippen molar-refractivity contribution in [3.05, 3.63) is 0 Å². The van der Waals surface area contributed by atoms with Gasteiger partial charge in [-0.3, -0.25) is 5.73 Å². The first-order valence-electron chi connectivity index (χ1n) is 4.07. The standard InChI is InChI=1S/C7H19NO2Si/c1-9-7(8,10-2)5-4-6-11-3/h4-6,8,11H2,1-3H3. The second kappa shape index (κ2) is 5.71. The smallest absolute Gasteiger partial charge is 0.224 e. The molecular formula is C7H19NO2Si. The summed E-state index contributed by atoms with van der Waals surface area (Å²) in [6.45, 7) is 2.29. The van der Waals surface area contributed by atoms with E-state index in [2.05, 4.69) is 6.55 Å². The molecule has 0 aliphatic heterocycles.